The predicted molar refractivity (Wildman–Crippen MR) is 83.2 cm³/mol. The fraction of sp³-hybridized carbons (Fsp3) is 0.412. The molecule has 1 aliphatic carbocycles. The van der Waals surface area contributed by atoms with Gasteiger partial charge in [-0.2, -0.15) is 0 Å². The molecule has 20 heavy (non-hydrogen) atoms. The molecule has 0 amide bonds. The lowest BCUT2D eigenvalue weighted by Gasteiger charge is -2.11. The Morgan fingerprint density at radius 1 is 0.950 bits per heavy atom. The van der Waals surface area contributed by atoms with Crippen LogP contribution < -0.4 is 5.32 Å². The molecule has 1 fully saturated rings. The van der Waals surface area contributed by atoms with Crippen molar-refractivity contribution in [3.63, 3.8) is 0 Å². The first-order valence-corrected chi connectivity index (χ1v) is 7.23. The van der Waals surface area contributed by atoms with Crippen LogP contribution in [0.25, 0.3) is 11.4 Å². The van der Waals surface area contributed by atoms with Gasteiger partial charge < -0.3 is 5.32 Å². The van der Waals surface area contributed by atoms with E-state index in [9.17, 15) is 0 Å². The van der Waals surface area contributed by atoms with Crippen LogP contribution in [0.15, 0.2) is 18.2 Å². The average molecular weight is 267 g/mol. The minimum absolute atomic E-state index is 0.635. The zero-order valence-electron chi connectivity index (χ0n) is 12.6. The molecule has 1 saturated carbocycles. The molecule has 0 aliphatic heterocycles. The van der Waals surface area contributed by atoms with Gasteiger partial charge in [0, 0.05) is 30.3 Å². The van der Waals surface area contributed by atoms with Crippen molar-refractivity contribution in [2.24, 2.45) is 0 Å². The van der Waals surface area contributed by atoms with Crippen LogP contribution >= 0.6 is 0 Å². The van der Waals surface area contributed by atoms with E-state index in [1.807, 2.05) is 7.05 Å². The fourth-order valence-electron chi connectivity index (χ4n) is 2.50. The molecule has 3 heteroatoms. The van der Waals surface area contributed by atoms with Crippen molar-refractivity contribution in [3.05, 3.63) is 40.6 Å². The van der Waals surface area contributed by atoms with Gasteiger partial charge in [0.25, 0.3) is 0 Å². The first kappa shape index (κ1) is 13.1. The van der Waals surface area contributed by atoms with E-state index in [2.05, 4.69) is 49.3 Å². The lowest BCUT2D eigenvalue weighted by atomic mass is 10.0. The third-order valence-electron chi connectivity index (χ3n) is 4.08. The third kappa shape index (κ3) is 2.40. The summed E-state index contributed by atoms with van der Waals surface area (Å²) in [5.74, 6) is 2.39. The maximum Gasteiger partial charge on any atom is 0.162 e. The summed E-state index contributed by atoms with van der Waals surface area (Å²) in [5, 5.41) is 3.15. The fourth-order valence-corrected chi connectivity index (χ4v) is 2.50. The highest BCUT2D eigenvalue weighted by Gasteiger charge is 2.26. The summed E-state index contributed by atoms with van der Waals surface area (Å²) in [7, 11) is 1.91. The predicted octanol–water partition coefficient (Wildman–Crippen LogP) is 3.99. The van der Waals surface area contributed by atoms with Crippen LogP contribution in [0.4, 0.5) is 5.82 Å². The normalized spacial score (nSPS) is 14.4. The minimum Gasteiger partial charge on any atom is -0.373 e. The Balaban J connectivity index is 2.13. The van der Waals surface area contributed by atoms with Gasteiger partial charge in [-0.25, -0.2) is 9.97 Å². The van der Waals surface area contributed by atoms with E-state index < -0.39 is 0 Å². The Morgan fingerprint density at radius 3 is 2.30 bits per heavy atom. The molecule has 2 aromatic rings. The van der Waals surface area contributed by atoms with Crippen LogP contribution in [0.2, 0.25) is 0 Å². The number of aromatic nitrogens is 2. The molecule has 1 N–H and O–H groups in total. The lowest BCUT2D eigenvalue weighted by molar-refractivity contribution is 0.992. The highest BCUT2D eigenvalue weighted by atomic mass is 15.0. The van der Waals surface area contributed by atoms with Crippen LogP contribution in [0.5, 0.6) is 0 Å². The zero-order valence-corrected chi connectivity index (χ0v) is 12.6. The van der Waals surface area contributed by atoms with Crippen molar-refractivity contribution in [1.82, 2.24) is 9.97 Å². The number of hydrogen-bond acceptors (Lipinski definition) is 3. The topological polar surface area (TPSA) is 37.8 Å². The van der Waals surface area contributed by atoms with Gasteiger partial charge in [0.15, 0.2) is 5.82 Å². The van der Waals surface area contributed by atoms with Crippen LogP contribution in [0, 0.1) is 20.8 Å². The Kier molecular flexibility index (Phi) is 3.20. The molecule has 1 aliphatic rings. The largest absolute Gasteiger partial charge is 0.373 e. The second-order valence-electron chi connectivity index (χ2n) is 5.78. The molecule has 0 spiro atoms. The molecular formula is C17H21N3. The van der Waals surface area contributed by atoms with Crippen LogP contribution in [-0.2, 0) is 0 Å². The van der Waals surface area contributed by atoms with Crippen molar-refractivity contribution in [3.8, 4) is 11.4 Å². The molecule has 0 bridgehead atoms. The second kappa shape index (κ2) is 4.89. The lowest BCUT2D eigenvalue weighted by Crippen LogP contribution is -2.01. The molecule has 3 rings (SSSR count). The van der Waals surface area contributed by atoms with Gasteiger partial charge in [-0.15, -0.1) is 0 Å². The molecule has 0 unspecified atom stereocenters. The van der Waals surface area contributed by atoms with Gasteiger partial charge in [-0.1, -0.05) is 6.07 Å². The van der Waals surface area contributed by atoms with E-state index in [1.54, 1.807) is 0 Å². The second-order valence-corrected chi connectivity index (χ2v) is 5.78. The Bertz CT molecular complexity index is 658. The van der Waals surface area contributed by atoms with E-state index in [1.165, 1.54) is 35.2 Å². The van der Waals surface area contributed by atoms with Crippen molar-refractivity contribution < 1.29 is 0 Å². The summed E-state index contributed by atoms with van der Waals surface area (Å²) >= 11 is 0. The van der Waals surface area contributed by atoms with Gasteiger partial charge in [-0.3, -0.25) is 0 Å². The standard InChI is InChI=1S/C17H21N3/c1-10-7-12(3)14(8-11(10)2)17-19-15(13-5-6-13)9-16(18-4)20-17/h7-9,13H,5-6H2,1-4H3,(H,18,19,20). The summed E-state index contributed by atoms with van der Waals surface area (Å²) in [5.41, 5.74) is 6.17. The number of nitrogens with one attached hydrogen (secondary N) is 1. The van der Waals surface area contributed by atoms with E-state index in [0.29, 0.717) is 5.92 Å². The summed E-state index contributed by atoms with van der Waals surface area (Å²) in [6, 6.07) is 6.50. The molecular weight excluding hydrogens is 246 g/mol. The average Bonchev–Trinajstić information content (AvgIpc) is 3.26. The number of benzene rings is 1. The van der Waals surface area contributed by atoms with Crippen molar-refractivity contribution in [2.75, 3.05) is 12.4 Å². The minimum atomic E-state index is 0.635. The maximum absolute atomic E-state index is 4.79. The monoisotopic (exact) mass is 267 g/mol. The van der Waals surface area contributed by atoms with Crippen LogP contribution in [-0.4, -0.2) is 17.0 Å². The van der Waals surface area contributed by atoms with Crippen molar-refractivity contribution in [1.29, 1.82) is 0 Å². The first-order valence-electron chi connectivity index (χ1n) is 7.23. The smallest absolute Gasteiger partial charge is 0.162 e. The van der Waals surface area contributed by atoms with E-state index in [0.717, 1.165) is 17.2 Å². The summed E-state index contributed by atoms with van der Waals surface area (Å²) in [4.78, 5) is 9.44. The quantitative estimate of drug-likeness (QED) is 0.913. The van der Waals surface area contributed by atoms with E-state index in [-0.39, 0.29) is 0 Å². The Morgan fingerprint density at radius 2 is 1.65 bits per heavy atom. The van der Waals surface area contributed by atoms with Gasteiger partial charge >= 0.3 is 0 Å². The molecule has 3 nitrogen and oxygen atoms in total. The number of hydrogen-bond donors (Lipinski definition) is 1. The third-order valence-corrected chi connectivity index (χ3v) is 4.08. The van der Waals surface area contributed by atoms with Gasteiger partial charge in [0.05, 0.1) is 0 Å². The number of rotatable bonds is 3. The van der Waals surface area contributed by atoms with Gasteiger partial charge in [0.2, 0.25) is 0 Å². The zero-order chi connectivity index (χ0) is 14.3. The molecule has 0 atom stereocenters. The number of anilines is 1. The van der Waals surface area contributed by atoms with E-state index >= 15 is 0 Å². The number of nitrogens with zero attached hydrogens (tertiary/aromatic N) is 2. The van der Waals surface area contributed by atoms with Gasteiger partial charge in [0.1, 0.15) is 5.82 Å². The summed E-state index contributed by atoms with van der Waals surface area (Å²) in [6.45, 7) is 6.42. The highest BCUT2D eigenvalue weighted by Crippen LogP contribution is 2.40. The van der Waals surface area contributed by atoms with E-state index in [4.69, 9.17) is 4.98 Å². The van der Waals surface area contributed by atoms with Crippen LogP contribution in [0.3, 0.4) is 0 Å². The molecule has 1 aromatic heterocycles. The Labute approximate surface area is 120 Å². The molecule has 0 radical (unpaired) electrons. The maximum atomic E-state index is 4.79. The molecule has 104 valence electrons. The van der Waals surface area contributed by atoms with Crippen molar-refractivity contribution >= 4 is 5.82 Å². The molecule has 1 aromatic carbocycles. The highest BCUT2D eigenvalue weighted by molar-refractivity contribution is 5.64. The molecule has 0 saturated heterocycles. The number of aryl methyl sites for hydroxylation is 3. The molecule has 1 heterocycles. The Hall–Kier alpha value is -1.90. The van der Waals surface area contributed by atoms with Crippen molar-refractivity contribution in [2.45, 2.75) is 39.5 Å². The summed E-state index contributed by atoms with van der Waals surface area (Å²) < 4.78 is 0. The first-order chi connectivity index (χ1) is 9.58. The van der Waals surface area contributed by atoms with Crippen LogP contribution in [0.1, 0.15) is 41.1 Å². The summed E-state index contributed by atoms with van der Waals surface area (Å²) in [6.07, 6.45) is 2.51. The SMILES string of the molecule is CNc1cc(C2CC2)nc(-c2cc(C)c(C)cc2C)n1. The van der Waals surface area contributed by atoms with Gasteiger partial charge in [-0.05, 0) is 56.4 Å².